The average Bonchev–Trinajstić information content (AvgIpc) is 3.20. The van der Waals surface area contributed by atoms with Gasteiger partial charge in [-0.1, -0.05) is 35.9 Å². The van der Waals surface area contributed by atoms with Crippen LogP contribution in [0.4, 0.5) is 5.69 Å². The molecule has 33 heavy (non-hydrogen) atoms. The predicted octanol–water partition coefficient (Wildman–Crippen LogP) is 4.56. The lowest BCUT2D eigenvalue weighted by Crippen LogP contribution is -2.35. The number of piperidine rings is 1. The first-order chi connectivity index (χ1) is 15.9. The van der Waals surface area contributed by atoms with Crippen molar-refractivity contribution >= 4 is 34.8 Å². The van der Waals surface area contributed by atoms with Crippen LogP contribution in [0.5, 0.6) is 0 Å². The summed E-state index contributed by atoms with van der Waals surface area (Å²) in [6.45, 7) is 1.81. The molecule has 0 bridgehead atoms. The van der Waals surface area contributed by atoms with Crippen LogP contribution in [-0.2, 0) is 13.5 Å². The van der Waals surface area contributed by atoms with Crippen molar-refractivity contribution in [3.63, 3.8) is 0 Å². The molecule has 1 aliphatic rings. The van der Waals surface area contributed by atoms with Crippen molar-refractivity contribution in [2.45, 2.75) is 25.7 Å². The van der Waals surface area contributed by atoms with Crippen molar-refractivity contribution in [3.8, 4) is 0 Å². The van der Waals surface area contributed by atoms with Gasteiger partial charge in [0.25, 0.3) is 5.91 Å². The molecule has 0 spiro atoms. The highest BCUT2D eigenvalue weighted by Crippen LogP contribution is 2.18. The second-order valence-corrected chi connectivity index (χ2v) is 8.60. The van der Waals surface area contributed by atoms with Crippen LogP contribution >= 0.6 is 11.6 Å². The number of nitrogens with zero attached hydrogens (tertiary/aromatic N) is 3. The SMILES string of the molecule is Cn1ncc(C(=O)Nc2ccc(Cl)cc2)c1CC(=O)c1ccc(C(=N)N2CCCCC2)cc1. The minimum absolute atomic E-state index is 0.0444. The largest absolute Gasteiger partial charge is 0.357 e. The van der Waals surface area contributed by atoms with Crippen LogP contribution in [0.25, 0.3) is 0 Å². The highest BCUT2D eigenvalue weighted by molar-refractivity contribution is 6.30. The molecule has 4 rings (SSSR count). The van der Waals surface area contributed by atoms with E-state index in [0.717, 1.165) is 31.5 Å². The van der Waals surface area contributed by atoms with E-state index in [4.69, 9.17) is 17.0 Å². The van der Waals surface area contributed by atoms with Crippen LogP contribution in [0, 0.1) is 5.41 Å². The number of likely N-dealkylation sites (tertiary alicyclic amines) is 1. The van der Waals surface area contributed by atoms with Crippen LogP contribution < -0.4 is 5.32 Å². The van der Waals surface area contributed by atoms with Gasteiger partial charge in [0.15, 0.2) is 5.78 Å². The Hall–Kier alpha value is -3.45. The molecule has 8 heteroatoms. The first kappa shape index (κ1) is 22.7. The van der Waals surface area contributed by atoms with Gasteiger partial charge in [0.1, 0.15) is 5.84 Å². The molecule has 2 aromatic carbocycles. The Balaban J connectivity index is 1.45. The predicted molar refractivity (Wildman–Crippen MR) is 129 cm³/mol. The Morgan fingerprint density at radius 2 is 1.64 bits per heavy atom. The van der Waals surface area contributed by atoms with Gasteiger partial charge in [-0.3, -0.25) is 19.7 Å². The summed E-state index contributed by atoms with van der Waals surface area (Å²) in [7, 11) is 1.71. The van der Waals surface area contributed by atoms with Gasteiger partial charge in [-0.15, -0.1) is 0 Å². The summed E-state index contributed by atoms with van der Waals surface area (Å²) in [5.41, 5.74) is 2.84. The number of aromatic nitrogens is 2. The van der Waals surface area contributed by atoms with Gasteiger partial charge in [-0.25, -0.2) is 0 Å². The smallest absolute Gasteiger partial charge is 0.259 e. The molecule has 0 atom stereocenters. The Kier molecular flexibility index (Phi) is 6.89. The normalized spacial score (nSPS) is 13.6. The number of amidine groups is 1. The maximum absolute atomic E-state index is 13.0. The number of nitrogens with one attached hydrogen (secondary N) is 2. The third-order valence-corrected chi connectivity index (χ3v) is 6.14. The van der Waals surface area contributed by atoms with Gasteiger partial charge in [0.05, 0.1) is 23.9 Å². The maximum atomic E-state index is 13.0. The van der Waals surface area contributed by atoms with Crippen molar-refractivity contribution in [3.05, 3.63) is 82.1 Å². The molecule has 3 aromatic rings. The Bertz CT molecular complexity index is 1160. The van der Waals surface area contributed by atoms with Gasteiger partial charge >= 0.3 is 0 Å². The number of aryl methyl sites for hydroxylation is 1. The third-order valence-electron chi connectivity index (χ3n) is 5.89. The summed E-state index contributed by atoms with van der Waals surface area (Å²) in [6.07, 6.45) is 4.94. The molecule has 7 nitrogen and oxygen atoms in total. The Morgan fingerprint density at radius 3 is 2.30 bits per heavy atom. The molecule has 1 saturated heterocycles. The monoisotopic (exact) mass is 463 g/mol. The number of hydrogen-bond donors (Lipinski definition) is 2. The van der Waals surface area contributed by atoms with Crippen LogP contribution in [0.15, 0.2) is 54.7 Å². The number of amides is 1. The number of hydrogen-bond acceptors (Lipinski definition) is 4. The van der Waals surface area contributed by atoms with E-state index in [0.29, 0.717) is 33.4 Å². The molecular formula is C25H26ClN5O2. The van der Waals surface area contributed by atoms with Gasteiger partial charge in [0, 0.05) is 42.0 Å². The van der Waals surface area contributed by atoms with E-state index in [2.05, 4.69) is 15.3 Å². The number of ketones is 1. The first-order valence-corrected chi connectivity index (χ1v) is 11.3. The van der Waals surface area contributed by atoms with E-state index in [-0.39, 0.29) is 18.1 Å². The second kappa shape index (κ2) is 10.0. The molecule has 2 N–H and O–H groups in total. The van der Waals surface area contributed by atoms with E-state index in [1.165, 1.54) is 12.6 Å². The molecule has 2 heterocycles. The molecule has 1 aliphatic heterocycles. The zero-order valence-electron chi connectivity index (χ0n) is 18.5. The lowest BCUT2D eigenvalue weighted by molar-refractivity contribution is 0.0990. The zero-order valence-corrected chi connectivity index (χ0v) is 19.2. The van der Waals surface area contributed by atoms with Crippen molar-refractivity contribution in [1.29, 1.82) is 5.41 Å². The maximum Gasteiger partial charge on any atom is 0.259 e. The number of halogens is 1. The van der Waals surface area contributed by atoms with E-state index in [1.54, 1.807) is 48.1 Å². The topological polar surface area (TPSA) is 91.1 Å². The van der Waals surface area contributed by atoms with Gasteiger partial charge in [-0.05, 0) is 43.5 Å². The summed E-state index contributed by atoms with van der Waals surface area (Å²) in [5, 5.41) is 16.0. The van der Waals surface area contributed by atoms with Crippen molar-refractivity contribution < 1.29 is 9.59 Å². The Labute approximate surface area is 197 Å². The molecule has 0 saturated carbocycles. The van der Waals surface area contributed by atoms with Crippen molar-refractivity contribution in [1.82, 2.24) is 14.7 Å². The second-order valence-electron chi connectivity index (χ2n) is 8.16. The lowest BCUT2D eigenvalue weighted by Gasteiger charge is -2.29. The summed E-state index contributed by atoms with van der Waals surface area (Å²) in [6, 6.07) is 14.0. The zero-order chi connectivity index (χ0) is 23.4. The van der Waals surface area contributed by atoms with E-state index in [1.807, 2.05) is 12.1 Å². The quantitative estimate of drug-likeness (QED) is 0.318. The van der Waals surface area contributed by atoms with Gasteiger partial charge in [0.2, 0.25) is 0 Å². The summed E-state index contributed by atoms with van der Waals surface area (Å²) in [4.78, 5) is 27.8. The fourth-order valence-corrected chi connectivity index (χ4v) is 4.09. The number of benzene rings is 2. The van der Waals surface area contributed by atoms with Gasteiger partial charge in [-0.2, -0.15) is 5.10 Å². The molecular weight excluding hydrogens is 438 g/mol. The van der Waals surface area contributed by atoms with Crippen molar-refractivity contribution in [2.24, 2.45) is 7.05 Å². The first-order valence-electron chi connectivity index (χ1n) is 11.0. The third kappa shape index (κ3) is 5.31. The standard InChI is InChI=1S/C25H26ClN5O2/c1-30-22(21(16-28-30)25(33)29-20-11-9-19(26)10-12-20)15-23(32)17-5-7-18(8-6-17)24(27)31-13-3-2-4-14-31/h5-12,16,27H,2-4,13-15H2,1H3,(H,29,33). The van der Waals surface area contributed by atoms with Crippen LogP contribution in [-0.4, -0.2) is 45.3 Å². The summed E-state index contributed by atoms with van der Waals surface area (Å²) in [5.74, 6) is 0.0511. The summed E-state index contributed by atoms with van der Waals surface area (Å²) < 4.78 is 1.55. The number of rotatable bonds is 6. The number of carbonyl (C=O) groups excluding carboxylic acids is 2. The molecule has 1 aromatic heterocycles. The molecule has 0 radical (unpaired) electrons. The molecule has 1 fully saturated rings. The van der Waals surface area contributed by atoms with Crippen LogP contribution in [0.1, 0.15) is 51.2 Å². The van der Waals surface area contributed by atoms with Crippen LogP contribution in [0.2, 0.25) is 5.02 Å². The number of anilines is 1. The number of Topliss-reactive ketones (excluding diaryl/α,β-unsaturated/α-hetero) is 1. The summed E-state index contributed by atoms with van der Waals surface area (Å²) >= 11 is 5.90. The van der Waals surface area contributed by atoms with E-state index >= 15 is 0 Å². The molecule has 0 unspecified atom stereocenters. The van der Waals surface area contributed by atoms with Gasteiger partial charge < -0.3 is 10.2 Å². The van der Waals surface area contributed by atoms with E-state index in [9.17, 15) is 9.59 Å². The molecule has 170 valence electrons. The minimum Gasteiger partial charge on any atom is -0.357 e. The van der Waals surface area contributed by atoms with Crippen molar-refractivity contribution in [2.75, 3.05) is 18.4 Å². The highest BCUT2D eigenvalue weighted by atomic mass is 35.5. The fraction of sp³-hybridized carbons (Fsp3) is 0.280. The molecule has 0 aliphatic carbocycles. The fourth-order valence-electron chi connectivity index (χ4n) is 3.96. The van der Waals surface area contributed by atoms with E-state index < -0.39 is 0 Å². The minimum atomic E-state index is -0.335. The lowest BCUT2D eigenvalue weighted by atomic mass is 10.0. The highest BCUT2D eigenvalue weighted by Gasteiger charge is 2.20. The van der Waals surface area contributed by atoms with Crippen LogP contribution in [0.3, 0.4) is 0 Å². The Morgan fingerprint density at radius 1 is 1.00 bits per heavy atom. The molecule has 1 amide bonds. The average molecular weight is 464 g/mol. The number of carbonyl (C=O) groups is 2.